The minimum Gasteiger partial charge on any atom is -0.392 e. The summed E-state index contributed by atoms with van der Waals surface area (Å²) in [5.41, 5.74) is 0. The Kier molecular flexibility index (Phi) is 8.82. The van der Waals surface area contributed by atoms with Crippen LogP contribution in [0.25, 0.3) is 0 Å². The van der Waals surface area contributed by atoms with E-state index in [-0.39, 0.29) is 6.10 Å². The molecule has 0 aliphatic heterocycles. The Morgan fingerprint density at radius 2 is 2.15 bits per heavy atom. The molecule has 1 unspecified atom stereocenters. The van der Waals surface area contributed by atoms with Crippen LogP contribution in [0.15, 0.2) is 12.7 Å². The van der Waals surface area contributed by atoms with Crippen molar-refractivity contribution in [1.82, 2.24) is 0 Å². The van der Waals surface area contributed by atoms with E-state index >= 15 is 0 Å². The maximum absolute atomic E-state index is 9.28. The van der Waals surface area contributed by atoms with Crippen molar-refractivity contribution < 1.29 is 5.11 Å². The molecule has 0 amide bonds. The van der Waals surface area contributed by atoms with E-state index in [1.807, 2.05) is 0 Å². The summed E-state index contributed by atoms with van der Waals surface area (Å²) in [6, 6.07) is 0. The average Bonchev–Trinajstić information content (AvgIpc) is 2.11. The topological polar surface area (TPSA) is 20.2 Å². The van der Waals surface area contributed by atoms with Gasteiger partial charge in [-0.2, -0.15) is 0 Å². The normalized spacial score (nSPS) is 11.5. The van der Waals surface area contributed by atoms with Crippen molar-refractivity contribution in [2.45, 2.75) is 51.6 Å². The van der Waals surface area contributed by atoms with E-state index in [4.69, 9.17) is 0 Å². The quantitative estimate of drug-likeness (QED) is 0.378. The van der Waals surface area contributed by atoms with Crippen molar-refractivity contribution in [2.24, 2.45) is 0 Å². The third-order valence-corrected chi connectivity index (χ3v) is 1.81. The predicted molar refractivity (Wildman–Crippen MR) is 57.4 cm³/mol. The molecule has 0 heterocycles. The number of hydrogen-bond acceptors (Lipinski definition) is 1. The first-order chi connectivity index (χ1) is 6.31. The van der Waals surface area contributed by atoms with E-state index in [1.54, 1.807) is 6.08 Å². The first kappa shape index (κ1) is 12.3. The monoisotopic (exact) mass is 180 g/mol. The first-order valence-corrected chi connectivity index (χ1v) is 5.06. The van der Waals surface area contributed by atoms with Crippen LogP contribution in [0.5, 0.6) is 0 Å². The molecule has 1 heteroatoms. The lowest BCUT2D eigenvalue weighted by Crippen LogP contribution is -2.02. The van der Waals surface area contributed by atoms with Crippen LogP contribution in [0.3, 0.4) is 0 Å². The average molecular weight is 180 g/mol. The second-order valence-electron chi connectivity index (χ2n) is 3.19. The van der Waals surface area contributed by atoms with Gasteiger partial charge < -0.3 is 5.11 Å². The molecule has 0 radical (unpaired) electrons. The number of rotatable bonds is 6. The predicted octanol–water partition coefficient (Wildman–Crippen LogP) is 2.90. The molecule has 0 fully saturated rings. The zero-order chi connectivity index (χ0) is 9.94. The van der Waals surface area contributed by atoms with Gasteiger partial charge >= 0.3 is 0 Å². The summed E-state index contributed by atoms with van der Waals surface area (Å²) in [4.78, 5) is 0. The summed E-state index contributed by atoms with van der Waals surface area (Å²) in [5.74, 6) is 6.05. The summed E-state index contributed by atoms with van der Waals surface area (Å²) in [5, 5.41) is 9.28. The number of aliphatic hydroxyl groups is 1. The van der Waals surface area contributed by atoms with E-state index in [9.17, 15) is 5.11 Å². The van der Waals surface area contributed by atoms with Crippen LogP contribution in [-0.2, 0) is 0 Å². The minimum atomic E-state index is -0.323. The molecule has 0 saturated carbocycles. The van der Waals surface area contributed by atoms with Crippen LogP contribution in [0.2, 0.25) is 0 Å². The molecule has 1 N–H and O–H groups in total. The Morgan fingerprint density at radius 3 is 2.77 bits per heavy atom. The van der Waals surface area contributed by atoms with Crippen LogP contribution in [0.1, 0.15) is 45.4 Å². The minimum absolute atomic E-state index is 0.323. The summed E-state index contributed by atoms with van der Waals surface area (Å²) >= 11 is 0. The molecule has 1 nitrogen and oxygen atoms in total. The maximum atomic E-state index is 9.28. The molecule has 0 bridgehead atoms. The molecular formula is C12H20O. The van der Waals surface area contributed by atoms with Gasteiger partial charge in [0.2, 0.25) is 0 Å². The van der Waals surface area contributed by atoms with E-state index in [0.717, 1.165) is 6.42 Å². The van der Waals surface area contributed by atoms with Gasteiger partial charge in [0.15, 0.2) is 0 Å². The van der Waals surface area contributed by atoms with Crippen LogP contribution >= 0.6 is 0 Å². The van der Waals surface area contributed by atoms with Crippen LogP contribution in [0.4, 0.5) is 0 Å². The van der Waals surface area contributed by atoms with Gasteiger partial charge in [0, 0.05) is 12.8 Å². The third-order valence-electron chi connectivity index (χ3n) is 1.81. The summed E-state index contributed by atoms with van der Waals surface area (Å²) in [6.45, 7) is 5.74. The Bertz CT molecular complexity index is 173. The summed E-state index contributed by atoms with van der Waals surface area (Å²) in [7, 11) is 0. The molecule has 0 aliphatic carbocycles. The highest BCUT2D eigenvalue weighted by molar-refractivity contribution is 5.00. The lowest BCUT2D eigenvalue weighted by molar-refractivity contribution is 0.184. The van der Waals surface area contributed by atoms with E-state index in [2.05, 4.69) is 25.3 Å². The Hall–Kier alpha value is -0.740. The van der Waals surface area contributed by atoms with Crippen LogP contribution < -0.4 is 0 Å². The molecule has 0 aromatic carbocycles. The zero-order valence-electron chi connectivity index (χ0n) is 8.55. The molecule has 13 heavy (non-hydrogen) atoms. The number of hydrogen-bond donors (Lipinski definition) is 1. The largest absolute Gasteiger partial charge is 0.392 e. The van der Waals surface area contributed by atoms with Crippen LogP contribution in [0, 0.1) is 11.8 Å². The molecule has 0 aliphatic rings. The highest BCUT2D eigenvalue weighted by atomic mass is 16.3. The van der Waals surface area contributed by atoms with Gasteiger partial charge in [-0.25, -0.2) is 0 Å². The Labute approximate surface area is 81.9 Å². The van der Waals surface area contributed by atoms with Gasteiger partial charge in [0.05, 0.1) is 6.10 Å². The number of unbranched alkanes of at least 4 members (excludes halogenated alkanes) is 3. The molecule has 0 saturated heterocycles. The first-order valence-electron chi connectivity index (χ1n) is 5.06. The molecule has 0 aromatic rings. The van der Waals surface area contributed by atoms with E-state index in [1.165, 1.54) is 19.3 Å². The van der Waals surface area contributed by atoms with E-state index < -0.39 is 0 Å². The molecule has 74 valence electrons. The van der Waals surface area contributed by atoms with Crippen molar-refractivity contribution in [1.29, 1.82) is 0 Å². The van der Waals surface area contributed by atoms with Gasteiger partial charge in [-0.05, 0) is 12.8 Å². The van der Waals surface area contributed by atoms with Crippen LogP contribution in [-0.4, -0.2) is 11.2 Å². The molecule has 0 aromatic heterocycles. The molecule has 0 rings (SSSR count). The van der Waals surface area contributed by atoms with Gasteiger partial charge in [-0.15, -0.1) is 18.4 Å². The fraction of sp³-hybridized carbons (Fsp3) is 0.667. The smallest absolute Gasteiger partial charge is 0.0683 e. The lowest BCUT2D eigenvalue weighted by atomic mass is 10.1. The van der Waals surface area contributed by atoms with Crippen molar-refractivity contribution >= 4 is 0 Å². The SMILES string of the molecule is C=CCC(O)CC#CCCCCC. The second kappa shape index (κ2) is 9.35. The van der Waals surface area contributed by atoms with Gasteiger partial charge in [-0.3, -0.25) is 0 Å². The van der Waals surface area contributed by atoms with Gasteiger partial charge in [0.25, 0.3) is 0 Å². The maximum Gasteiger partial charge on any atom is 0.0683 e. The molecular weight excluding hydrogens is 160 g/mol. The molecule has 0 spiro atoms. The summed E-state index contributed by atoms with van der Waals surface area (Å²) < 4.78 is 0. The van der Waals surface area contributed by atoms with Crippen molar-refractivity contribution in [2.75, 3.05) is 0 Å². The fourth-order valence-electron chi connectivity index (χ4n) is 1.02. The third kappa shape index (κ3) is 9.17. The van der Waals surface area contributed by atoms with Crippen molar-refractivity contribution in [3.8, 4) is 11.8 Å². The highest BCUT2D eigenvalue weighted by Crippen LogP contribution is 1.99. The molecule has 1 atom stereocenters. The van der Waals surface area contributed by atoms with Gasteiger partial charge in [-0.1, -0.05) is 25.8 Å². The standard InChI is InChI=1S/C12H20O/c1-3-5-6-7-8-9-11-12(13)10-4-2/h4,12-13H,2-3,5-7,10-11H2,1H3. The van der Waals surface area contributed by atoms with Gasteiger partial charge in [0.1, 0.15) is 0 Å². The fourth-order valence-corrected chi connectivity index (χ4v) is 1.02. The Balaban J connectivity index is 3.32. The summed E-state index contributed by atoms with van der Waals surface area (Å²) in [6.07, 6.45) is 7.27. The lowest BCUT2D eigenvalue weighted by Gasteiger charge is -2.00. The Morgan fingerprint density at radius 1 is 1.38 bits per heavy atom. The van der Waals surface area contributed by atoms with E-state index in [0.29, 0.717) is 12.8 Å². The second-order valence-corrected chi connectivity index (χ2v) is 3.19. The zero-order valence-corrected chi connectivity index (χ0v) is 8.55. The number of aliphatic hydroxyl groups excluding tert-OH is 1. The van der Waals surface area contributed by atoms with Crippen molar-refractivity contribution in [3.63, 3.8) is 0 Å². The highest BCUT2D eigenvalue weighted by Gasteiger charge is 1.96. The van der Waals surface area contributed by atoms with Crippen molar-refractivity contribution in [3.05, 3.63) is 12.7 Å².